The molecule has 27 heavy (non-hydrogen) atoms. The van der Waals surface area contributed by atoms with Crippen molar-refractivity contribution in [3.63, 3.8) is 0 Å². The lowest BCUT2D eigenvalue weighted by molar-refractivity contribution is -0.137. The molecule has 8 heteroatoms. The van der Waals surface area contributed by atoms with Crippen molar-refractivity contribution in [1.29, 1.82) is 0 Å². The Morgan fingerprint density at radius 1 is 1.22 bits per heavy atom. The molecule has 8 nitrogen and oxygen atoms in total. The zero-order chi connectivity index (χ0) is 19.4. The van der Waals surface area contributed by atoms with E-state index < -0.39 is 11.9 Å². The summed E-state index contributed by atoms with van der Waals surface area (Å²) in [6.45, 7) is 3.22. The highest BCUT2D eigenvalue weighted by Crippen LogP contribution is 2.32. The van der Waals surface area contributed by atoms with Crippen molar-refractivity contribution in [2.75, 3.05) is 18.4 Å². The van der Waals surface area contributed by atoms with Crippen LogP contribution in [0.5, 0.6) is 0 Å². The van der Waals surface area contributed by atoms with E-state index in [2.05, 4.69) is 16.0 Å². The average molecular weight is 372 g/mol. The molecule has 0 spiro atoms. The van der Waals surface area contributed by atoms with Gasteiger partial charge in [0.1, 0.15) is 6.04 Å². The maximum atomic E-state index is 12.7. The second kappa shape index (κ2) is 8.20. The first-order valence-electron chi connectivity index (χ1n) is 9.22. The highest BCUT2D eigenvalue weighted by atomic mass is 16.2. The fraction of sp³-hybridized carbons (Fsp3) is 0.474. The molecule has 0 radical (unpaired) electrons. The standard InChI is InChI=1S/C19H24N4O4/c1-12(24)20-9-2-3-10-21-15-6-4-5-13-14(15)11-23(19(13)27)16-7-8-17(25)22-18(16)26/h4-6,16,21H,2-3,7-11H2,1H3,(H,20,24)(H,22,25,26). The molecule has 4 amide bonds. The van der Waals surface area contributed by atoms with Crippen LogP contribution in [0.25, 0.3) is 0 Å². The second-order valence-electron chi connectivity index (χ2n) is 6.85. The van der Waals surface area contributed by atoms with Crippen LogP contribution in [0, 0.1) is 0 Å². The summed E-state index contributed by atoms with van der Waals surface area (Å²) in [4.78, 5) is 48.6. The van der Waals surface area contributed by atoms with Crippen molar-refractivity contribution in [2.24, 2.45) is 0 Å². The molecule has 1 aromatic rings. The third-order valence-electron chi connectivity index (χ3n) is 4.88. The van der Waals surface area contributed by atoms with Gasteiger partial charge >= 0.3 is 0 Å². The van der Waals surface area contributed by atoms with E-state index in [9.17, 15) is 19.2 Å². The van der Waals surface area contributed by atoms with Crippen LogP contribution in [0.15, 0.2) is 18.2 Å². The summed E-state index contributed by atoms with van der Waals surface area (Å²) in [5, 5.41) is 8.42. The fourth-order valence-corrected chi connectivity index (χ4v) is 3.49. The van der Waals surface area contributed by atoms with Crippen molar-refractivity contribution < 1.29 is 19.2 Å². The molecular formula is C19H24N4O4. The second-order valence-corrected chi connectivity index (χ2v) is 6.85. The van der Waals surface area contributed by atoms with E-state index in [1.54, 1.807) is 11.0 Å². The van der Waals surface area contributed by atoms with Crippen LogP contribution in [0.4, 0.5) is 5.69 Å². The van der Waals surface area contributed by atoms with Crippen LogP contribution < -0.4 is 16.0 Å². The number of imide groups is 1. The summed E-state index contributed by atoms with van der Waals surface area (Å²) in [6.07, 6.45) is 2.35. The third-order valence-corrected chi connectivity index (χ3v) is 4.88. The van der Waals surface area contributed by atoms with Gasteiger partial charge in [-0.15, -0.1) is 0 Å². The molecule has 1 saturated heterocycles. The van der Waals surface area contributed by atoms with E-state index in [4.69, 9.17) is 0 Å². The minimum absolute atomic E-state index is 0.0316. The summed E-state index contributed by atoms with van der Waals surface area (Å²) in [5.74, 6) is -0.897. The number of hydrogen-bond donors (Lipinski definition) is 3. The lowest BCUT2D eigenvalue weighted by Crippen LogP contribution is -2.52. The monoisotopic (exact) mass is 372 g/mol. The number of fused-ring (bicyclic) bond motifs is 1. The molecular weight excluding hydrogens is 348 g/mol. The molecule has 2 aliphatic rings. The molecule has 1 fully saturated rings. The fourth-order valence-electron chi connectivity index (χ4n) is 3.49. The Hall–Kier alpha value is -2.90. The van der Waals surface area contributed by atoms with E-state index >= 15 is 0 Å². The highest BCUT2D eigenvalue weighted by Gasteiger charge is 2.39. The Morgan fingerprint density at radius 3 is 2.74 bits per heavy atom. The van der Waals surface area contributed by atoms with Crippen LogP contribution in [-0.2, 0) is 20.9 Å². The molecule has 1 atom stereocenters. The number of amides is 4. The minimum Gasteiger partial charge on any atom is -0.385 e. The van der Waals surface area contributed by atoms with Gasteiger partial charge in [0.05, 0.1) is 0 Å². The van der Waals surface area contributed by atoms with E-state index in [1.807, 2.05) is 12.1 Å². The number of benzene rings is 1. The maximum absolute atomic E-state index is 12.7. The van der Waals surface area contributed by atoms with Gasteiger partial charge < -0.3 is 15.5 Å². The molecule has 1 unspecified atom stereocenters. The summed E-state index contributed by atoms with van der Waals surface area (Å²) >= 11 is 0. The van der Waals surface area contributed by atoms with Gasteiger partial charge in [-0.25, -0.2) is 0 Å². The van der Waals surface area contributed by atoms with Crippen LogP contribution in [-0.4, -0.2) is 47.7 Å². The van der Waals surface area contributed by atoms with Gasteiger partial charge in [-0.2, -0.15) is 0 Å². The first kappa shape index (κ1) is 18.9. The molecule has 144 valence electrons. The molecule has 2 heterocycles. The highest BCUT2D eigenvalue weighted by molar-refractivity contribution is 6.06. The zero-order valence-electron chi connectivity index (χ0n) is 15.3. The topological polar surface area (TPSA) is 108 Å². The van der Waals surface area contributed by atoms with Crippen molar-refractivity contribution in [3.8, 4) is 0 Å². The minimum atomic E-state index is -0.604. The molecule has 2 aliphatic heterocycles. The van der Waals surface area contributed by atoms with E-state index in [0.717, 1.165) is 30.6 Å². The van der Waals surface area contributed by atoms with Gasteiger partial charge in [-0.3, -0.25) is 24.5 Å². The Morgan fingerprint density at radius 2 is 2.00 bits per heavy atom. The van der Waals surface area contributed by atoms with Crippen molar-refractivity contribution in [1.82, 2.24) is 15.5 Å². The molecule has 3 rings (SSSR count). The van der Waals surface area contributed by atoms with E-state index in [-0.39, 0.29) is 24.1 Å². The average Bonchev–Trinajstić information content (AvgIpc) is 2.95. The van der Waals surface area contributed by atoms with Gasteiger partial charge in [0.15, 0.2) is 0 Å². The quantitative estimate of drug-likeness (QED) is 0.484. The van der Waals surface area contributed by atoms with Crippen molar-refractivity contribution in [3.05, 3.63) is 29.3 Å². The third kappa shape index (κ3) is 4.27. The maximum Gasteiger partial charge on any atom is 0.255 e. The van der Waals surface area contributed by atoms with Gasteiger partial charge in [0.2, 0.25) is 17.7 Å². The van der Waals surface area contributed by atoms with Crippen molar-refractivity contribution in [2.45, 2.75) is 45.2 Å². The number of hydrogen-bond acceptors (Lipinski definition) is 5. The van der Waals surface area contributed by atoms with Gasteiger partial charge in [0, 0.05) is 49.8 Å². The predicted octanol–water partition coefficient (Wildman–Crippen LogP) is 0.776. The Labute approximate surface area is 157 Å². The summed E-state index contributed by atoms with van der Waals surface area (Å²) in [7, 11) is 0. The van der Waals surface area contributed by atoms with Gasteiger partial charge in [0.25, 0.3) is 5.91 Å². The van der Waals surface area contributed by atoms with Crippen LogP contribution in [0.2, 0.25) is 0 Å². The Kier molecular flexibility index (Phi) is 5.73. The summed E-state index contributed by atoms with van der Waals surface area (Å²) < 4.78 is 0. The zero-order valence-corrected chi connectivity index (χ0v) is 15.3. The molecule has 1 aromatic carbocycles. The van der Waals surface area contributed by atoms with Gasteiger partial charge in [-0.1, -0.05) is 6.07 Å². The number of carbonyl (C=O) groups excluding carboxylic acids is 4. The number of unbranched alkanes of at least 4 members (excludes halogenated alkanes) is 1. The van der Waals surface area contributed by atoms with E-state index in [0.29, 0.717) is 25.1 Å². The smallest absolute Gasteiger partial charge is 0.255 e. The van der Waals surface area contributed by atoms with Crippen LogP contribution >= 0.6 is 0 Å². The van der Waals surface area contributed by atoms with Crippen LogP contribution in [0.3, 0.4) is 0 Å². The Balaban J connectivity index is 1.61. The first-order chi connectivity index (χ1) is 13.0. The molecule has 0 aromatic heterocycles. The number of nitrogens with zero attached hydrogens (tertiary/aromatic N) is 1. The molecule has 0 bridgehead atoms. The SMILES string of the molecule is CC(=O)NCCCCNc1cccc2c1CN(C1CCC(=O)NC1=O)C2=O. The lowest BCUT2D eigenvalue weighted by atomic mass is 10.0. The molecule has 0 aliphatic carbocycles. The number of piperidine rings is 1. The van der Waals surface area contributed by atoms with Gasteiger partial charge in [-0.05, 0) is 31.4 Å². The number of rotatable bonds is 7. The first-order valence-corrected chi connectivity index (χ1v) is 9.22. The largest absolute Gasteiger partial charge is 0.385 e. The van der Waals surface area contributed by atoms with Crippen molar-refractivity contribution >= 4 is 29.3 Å². The summed E-state index contributed by atoms with van der Waals surface area (Å²) in [5.41, 5.74) is 2.37. The molecule has 0 saturated carbocycles. The molecule has 3 N–H and O–H groups in total. The predicted molar refractivity (Wildman–Crippen MR) is 98.9 cm³/mol. The van der Waals surface area contributed by atoms with E-state index in [1.165, 1.54) is 6.92 Å². The normalized spacial score (nSPS) is 18.9. The van der Waals surface area contributed by atoms with Crippen LogP contribution in [0.1, 0.15) is 48.5 Å². The summed E-state index contributed by atoms with van der Waals surface area (Å²) in [6, 6.07) is 4.91. The lowest BCUT2D eigenvalue weighted by Gasteiger charge is -2.29. The number of nitrogens with one attached hydrogen (secondary N) is 3. The number of carbonyl (C=O) groups is 4. The number of anilines is 1. The Bertz CT molecular complexity index is 777.